The zero-order valence-electron chi connectivity index (χ0n) is 15.2. The summed E-state index contributed by atoms with van der Waals surface area (Å²) in [5, 5.41) is 19.7. The molecule has 0 saturated carbocycles. The first-order valence-corrected chi connectivity index (χ1v) is 8.58. The second-order valence-corrected chi connectivity index (χ2v) is 7.39. The van der Waals surface area contributed by atoms with Crippen LogP contribution in [0.3, 0.4) is 0 Å². The fourth-order valence-corrected chi connectivity index (χ4v) is 3.44. The third kappa shape index (κ3) is 3.34. The zero-order chi connectivity index (χ0) is 19.1. The molecule has 3 rings (SSSR count). The summed E-state index contributed by atoms with van der Waals surface area (Å²) in [6.07, 6.45) is -0.697. The molecule has 1 aromatic carbocycles. The summed E-state index contributed by atoms with van der Waals surface area (Å²) in [5.41, 5.74) is 3.08. The summed E-state index contributed by atoms with van der Waals surface area (Å²) in [6.45, 7) is 5.58. The van der Waals surface area contributed by atoms with Crippen LogP contribution in [0.1, 0.15) is 49.4 Å². The number of benzene rings is 1. The number of anilines is 1. The Morgan fingerprint density at radius 2 is 2.00 bits per heavy atom. The number of nitrogens with zero attached hydrogens (tertiary/aromatic N) is 2. The largest absolute Gasteiger partial charge is 0.393 e. The molecule has 0 unspecified atom stereocenters. The summed E-state index contributed by atoms with van der Waals surface area (Å²) in [5.74, 6) is -0.386. The first-order chi connectivity index (χ1) is 12.2. The minimum atomic E-state index is -1.11. The number of carbonyl (C=O) groups is 1. The summed E-state index contributed by atoms with van der Waals surface area (Å²) < 4.78 is 13.2. The molecule has 0 bridgehead atoms. The molecule has 6 heteroatoms. The highest BCUT2D eigenvalue weighted by Crippen LogP contribution is 2.41. The Bertz CT molecular complexity index is 834. The fraction of sp³-hybridized carbons (Fsp3) is 0.400. The van der Waals surface area contributed by atoms with Crippen LogP contribution >= 0.6 is 0 Å². The van der Waals surface area contributed by atoms with E-state index in [4.69, 9.17) is 0 Å². The third-order valence-electron chi connectivity index (χ3n) is 4.78. The van der Waals surface area contributed by atoms with Gasteiger partial charge in [-0.2, -0.15) is 0 Å². The van der Waals surface area contributed by atoms with Gasteiger partial charge in [-0.1, -0.05) is 26.0 Å². The van der Waals surface area contributed by atoms with E-state index >= 15 is 0 Å². The maximum atomic E-state index is 13.2. The molecular weight excluding hydrogens is 335 g/mol. The molecule has 1 aliphatic heterocycles. The molecule has 1 aromatic heterocycles. The van der Waals surface area contributed by atoms with E-state index < -0.39 is 12.7 Å². The predicted octanol–water partition coefficient (Wildman–Crippen LogP) is 2.48. The maximum absolute atomic E-state index is 13.2. The van der Waals surface area contributed by atoms with Crippen molar-refractivity contribution in [3.8, 4) is 0 Å². The monoisotopic (exact) mass is 358 g/mol. The summed E-state index contributed by atoms with van der Waals surface area (Å²) >= 11 is 0. The molecule has 2 aromatic rings. The molecule has 0 spiro atoms. The van der Waals surface area contributed by atoms with Gasteiger partial charge in [0.05, 0.1) is 23.7 Å². The maximum Gasteiger partial charge on any atom is 0.223 e. The molecule has 138 valence electrons. The van der Waals surface area contributed by atoms with Crippen molar-refractivity contribution >= 4 is 11.6 Å². The highest BCUT2D eigenvalue weighted by atomic mass is 19.1. The topological polar surface area (TPSA) is 73.7 Å². The van der Waals surface area contributed by atoms with Gasteiger partial charge in [0, 0.05) is 18.9 Å². The van der Waals surface area contributed by atoms with Crippen LogP contribution in [0.5, 0.6) is 0 Å². The lowest BCUT2D eigenvalue weighted by molar-refractivity contribution is -0.116. The van der Waals surface area contributed by atoms with E-state index in [1.54, 1.807) is 17.0 Å². The van der Waals surface area contributed by atoms with Gasteiger partial charge < -0.3 is 15.1 Å². The van der Waals surface area contributed by atoms with Crippen molar-refractivity contribution in [3.05, 3.63) is 58.7 Å². The molecular formula is C20H23FN2O3. The lowest BCUT2D eigenvalue weighted by Crippen LogP contribution is -2.32. The van der Waals surface area contributed by atoms with Gasteiger partial charge in [0.25, 0.3) is 0 Å². The quantitative estimate of drug-likeness (QED) is 0.881. The highest BCUT2D eigenvalue weighted by Gasteiger charge is 2.39. The average molecular weight is 358 g/mol. The molecule has 2 N–H and O–H groups in total. The van der Waals surface area contributed by atoms with Crippen LogP contribution in [-0.4, -0.2) is 34.3 Å². The van der Waals surface area contributed by atoms with Gasteiger partial charge in [-0.15, -0.1) is 0 Å². The van der Waals surface area contributed by atoms with E-state index in [0.717, 1.165) is 16.9 Å². The Morgan fingerprint density at radius 3 is 2.58 bits per heavy atom. The van der Waals surface area contributed by atoms with Gasteiger partial charge in [0.2, 0.25) is 5.91 Å². The zero-order valence-corrected chi connectivity index (χ0v) is 15.2. The smallest absolute Gasteiger partial charge is 0.223 e. The van der Waals surface area contributed by atoms with Crippen molar-refractivity contribution in [1.29, 1.82) is 0 Å². The molecule has 1 atom stereocenters. The number of aliphatic hydroxyl groups is 2. The van der Waals surface area contributed by atoms with Gasteiger partial charge in [-0.3, -0.25) is 9.78 Å². The van der Waals surface area contributed by atoms with Crippen LogP contribution in [0.15, 0.2) is 30.3 Å². The van der Waals surface area contributed by atoms with E-state index in [0.29, 0.717) is 24.2 Å². The van der Waals surface area contributed by atoms with Crippen molar-refractivity contribution in [2.24, 2.45) is 0 Å². The Morgan fingerprint density at radius 1 is 1.35 bits per heavy atom. The molecule has 26 heavy (non-hydrogen) atoms. The lowest BCUT2D eigenvalue weighted by Gasteiger charge is -2.19. The molecule has 0 radical (unpaired) electrons. The van der Waals surface area contributed by atoms with Crippen LogP contribution in [0.25, 0.3) is 0 Å². The fourth-order valence-electron chi connectivity index (χ4n) is 3.44. The van der Waals surface area contributed by atoms with Crippen molar-refractivity contribution in [3.63, 3.8) is 0 Å². The number of hydrogen-bond acceptors (Lipinski definition) is 4. The number of aromatic nitrogens is 1. The van der Waals surface area contributed by atoms with Gasteiger partial charge in [-0.05, 0) is 35.7 Å². The molecule has 2 heterocycles. The minimum absolute atomic E-state index is 0.0678. The number of rotatable bonds is 4. The number of aliphatic hydroxyl groups excluding tert-OH is 2. The number of hydrogen-bond donors (Lipinski definition) is 2. The summed E-state index contributed by atoms with van der Waals surface area (Å²) in [4.78, 5) is 18.4. The molecule has 0 aliphatic carbocycles. The van der Waals surface area contributed by atoms with Crippen molar-refractivity contribution < 1.29 is 19.4 Å². The SMILES string of the molecule is CC(=O)N1CC(C)(C)c2nc([C@H](O)CO)c(Cc3ccc(F)cc3)cc21. The second kappa shape index (κ2) is 6.78. The van der Waals surface area contributed by atoms with Crippen LogP contribution in [0.4, 0.5) is 10.1 Å². The van der Waals surface area contributed by atoms with E-state index in [1.807, 2.05) is 19.9 Å². The molecule has 1 aliphatic rings. The molecule has 0 fully saturated rings. The highest BCUT2D eigenvalue weighted by molar-refractivity contribution is 5.94. The van der Waals surface area contributed by atoms with E-state index in [2.05, 4.69) is 4.98 Å². The van der Waals surface area contributed by atoms with E-state index in [9.17, 15) is 19.4 Å². The van der Waals surface area contributed by atoms with Gasteiger partial charge >= 0.3 is 0 Å². The van der Waals surface area contributed by atoms with Crippen LogP contribution < -0.4 is 4.90 Å². The number of amides is 1. The first-order valence-electron chi connectivity index (χ1n) is 8.58. The third-order valence-corrected chi connectivity index (χ3v) is 4.78. The molecule has 5 nitrogen and oxygen atoms in total. The van der Waals surface area contributed by atoms with Gasteiger partial charge in [0.15, 0.2) is 0 Å². The Balaban J connectivity index is 2.12. The van der Waals surface area contributed by atoms with Crippen LogP contribution in [0, 0.1) is 5.82 Å². The van der Waals surface area contributed by atoms with Crippen LogP contribution in [0.2, 0.25) is 0 Å². The Labute approximate surface area is 152 Å². The average Bonchev–Trinajstić information content (AvgIpc) is 2.86. The standard InChI is InChI=1S/C20H23FN2O3/c1-12(25)23-11-20(2,3)19-16(23)9-14(18(22-19)17(26)10-24)8-13-4-6-15(21)7-5-13/h4-7,9,17,24,26H,8,10-11H2,1-3H3/t17-/m1/s1. The Hall–Kier alpha value is -2.31. The van der Waals surface area contributed by atoms with Gasteiger partial charge in [0.1, 0.15) is 11.9 Å². The summed E-state index contributed by atoms with van der Waals surface area (Å²) in [6, 6.07) is 7.96. The normalized spacial score (nSPS) is 16.5. The number of halogens is 1. The van der Waals surface area contributed by atoms with Gasteiger partial charge in [-0.25, -0.2) is 4.39 Å². The van der Waals surface area contributed by atoms with Crippen molar-refractivity contribution in [1.82, 2.24) is 4.98 Å². The van der Waals surface area contributed by atoms with Crippen molar-refractivity contribution in [2.75, 3.05) is 18.1 Å². The predicted molar refractivity (Wildman–Crippen MR) is 96.5 cm³/mol. The van der Waals surface area contributed by atoms with Crippen molar-refractivity contribution in [2.45, 2.75) is 38.7 Å². The van der Waals surface area contributed by atoms with Crippen LogP contribution in [-0.2, 0) is 16.6 Å². The number of carbonyl (C=O) groups excluding carboxylic acids is 1. The Kier molecular flexibility index (Phi) is 4.82. The molecule has 0 saturated heterocycles. The number of fused-ring (bicyclic) bond motifs is 1. The molecule has 1 amide bonds. The lowest BCUT2D eigenvalue weighted by atomic mass is 9.90. The van der Waals surface area contributed by atoms with E-state index in [-0.39, 0.29) is 17.1 Å². The first kappa shape index (κ1) is 18.5. The number of pyridine rings is 1. The minimum Gasteiger partial charge on any atom is -0.393 e. The summed E-state index contributed by atoms with van der Waals surface area (Å²) in [7, 11) is 0. The second-order valence-electron chi connectivity index (χ2n) is 7.39. The van der Waals surface area contributed by atoms with E-state index in [1.165, 1.54) is 19.1 Å².